The second-order valence-electron chi connectivity index (χ2n) is 5.52. The molecular weight excluding hydrogens is 372 g/mol. The third kappa shape index (κ3) is 4.56. The molecule has 0 spiro atoms. The topological polar surface area (TPSA) is 99.8 Å². The Balaban J connectivity index is 1.58. The van der Waals surface area contributed by atoms with Crippen LogP contribution in [0.15, 0.2) is 40.3 Å². The summed E-state index contributed by atoms with van der Waals surface area (Å²) < 4.78 is 17.5. The van der Waals surface area contributed by atoms with E-state index in [0.29, 0.717) is 5.76 Å². The maximum absolute atomic E-state index is 12.2. The fourth-order valence-corrected chi connectivity index (χ4v) is 3.31. The van der Waals surface area contributed by atoms with E-state index in [1.54, 1.807) is 25.1 Å². The Hall–Kier alpha value is -3.07. The molecule has 0 saturated carbocycles. The summed E-state index contributed by atoms with van der Waals surface area (Å²) in [4.78, 5) is 36.0. The summed E-state index contributed by atoms with van der Waals surface area (Å²) in [5.41, 5.74) is 1.01. The fourth-order valence-electron chi connectivity index (χ4n) is 2.49. The summed E-state index contributed by atoms with van der Waals surface area (Å²) in [5.74, 6) is -0.984. The molecule has 142 valence electrons. The lowest BCUT2D eigenvalue weighted by Gasteiger charge is -2.10. The average molecular weight is 390 g/mol. The van der Waals surface area contributed by atoms with Gasteiger partial charge in [0.25, 0.3) is 5.91 Å². The van der Waals surface area contributed by atoms with E-state index in [0.717, 1.165) is 10.2 Å². The molecule has 0 aliphatic rings. The van der Waals surface area contributed by atoms with Crippen LogP contribution in [0.3, 0.4) is 0 Å². The van der Waals surface area contributed by atoms with Crippen LogP contribution in [-0.4, -0.2) is 35.6 Å². The lowest BCUT2D eigenvalue weighted by atomic mass is 10.4. The summed E-state index contributed by atoms with van der Waals surface area (Å²) in [5, 5.41) is 4.45. The Morgan fingerprint density at radius 3 is 2.85 bits per heavy atom. The van der Waals surface area contributed by atoms with E-state index in [4.69, 9.17) is 13.9 Å². The largest absolute Gasteiger partial charge is 0.467 e. The van der Waals surface area contributed by atoms with E-state index >= 15 is 0 Å². The fraction of sp³-hybridized carbons (Fsp3) is 0.278. The van der Waals surface area contributed by atoms with Crippen molar-refractivity contribution in [2.24, 2.45) is 0 Å². The van der Waals surface area contributed by atoms with Crippen LogP contribution in [0.2, 0.25) is 0 Å². The van der Waals surface area contributed by atoms with E-state index in [1.807, 2.05) is 11.4 Å². The highest BCUT2D eigenvalue weighted by Crippen LogP contribution is 2.25. The molecule has 0 unspecified atom stereocenters. The number of furan rings is 1. The normalized spacial score (nSPS) is 10.7. The Morgan fingerprint density at radius 2 is 2.11 bits per heavy atom. The van der Waals surface area contributed by atoms with Gasteiger partial charge in [-0.25, -0.2) is 4.79 Å². The van der Waals surface area contributed by atoms with Gasteiger partial charge in [-0.05, 0) is 36.6 Å². The van der Waals surface area contributed by atoms with E-state index in [-0.39, 0.29) is 25.4 Å². The van der Waals surface area contributed by atoms with Crippen LogP contribution in [-0.2, 0) is 32.2 Å². The van der Waals surface area contributed by atoms with Crippen LogP contribution in [0.25, 0.3) is 10.2 Å². The van der Waals surface area contributed by atoms with Crippen molar-refractivity contribution in [1.82, 2.24) is 9.88 Å². The molecule has 0 aromatic carbocycles. The van der Waals surface area contributed by atoms with Crippen molar-refractivity contribution in [3.8, 4) is 0 Å². The maximum atomic E-state index is 12.2. The van der Waals surface area contributed by atoms with Crippen molar-refractivity contribution >= 4 is 39.4 Å². The number of nitrogens with one attached hydrogen (secondary N) is 1. The number of hydrogen-bond donors (Lipinski definition) is 1. The Bertz CT molecular complexity index is 941. The molecule has 3 rings (SSSR count). The molecule has 0 fully saturated rings. The van der Waals surface area contributed by atoms with Gasteiger partial charge in [0.15, 0.2) is 6.61 Å². The summed E-state index contributed by atoms with van der Waals surface area (Å²) in [6.45, 7) is 1.55. The Labute approximate surface area is 158 Å². The first kappa shape index (κ1) is 18.7. The molecule has 0 saturated heterocycles. The minimum Gasteiger partial charge on any atom is -0.467 e. The lowest BCUT2D eigenvalue weighted by molar-refractivity contribution is -0.149. The smallest absolute Gasteiger partial charge is 0.355 e. The van der Waals surface area contributed by atoms with Gasteiger partial charge >= 0.3 is 11.9 Å². The molecule has 0 atom stereocenters. The number of thiophene rings is 1. The predicted octanol–water partition coefficient (Wildman–Crippen LogP) is 2.33. The second-order valence-corrected chi connectivity index (χ2v) is 6.47. The van der Waals surface area contributed by atoms with Gasteiger partial charge in [0.2, 0.25) is 0 Å². The Kier molecular flexibility index (Phi) is 5.92. The minimum atomic E-state index is -0.627. The van der Waals surface area contributed by atoms with Crippen LogP contribution in [0.5, 0.6) is 0 Å². The third-order valence-electron chi connectivity index (χ3n) is 3.70. The van der Waals surface area contributed by atoms with Gasteiger partial charge in [-0.2, -0.15) is 0 Å². The number of nitrogens with zero attached hydrogens (tertiary/aromatic N) is 1. The van der Waals surface area contributed by atoms with Crippen molar-refractivity contribution in [1.29, 1.82) is 0 Å². The SMILES string of the molecule is CCOC(=O)c1cc2sccc2n1CC(=O)OCC(=O)NCc1ccco1. The number of ether oxygens (including phenoxy) is 2. The first-order valence-electron chi connectivity index (χ1n) is 8.27. The molecule has 0 bridgehead atoms. The summed E-state index contributed by atoms with van der Waals surface area (Å²) in [6.07, 6.45) is 1.50. The molecule has 3 heterocycles. The standard InChI is InChI=1S/C18H18N2O6S/c1-2-24-18(23)14-8-15-13(5-7-27-15)20(14)10-17(22)26-11-16(21)19-9-12-4-3-6-25-12/h3-8H,2,9-11H2,1H3,(H,19,21). The van der Waals surface area contributed by atoms with Crippen molar-refractivity contribution in [3.05, 3.63) is 47.4 Å². The van der Waals surface area contributed by atoms with Crippen molar-refractivity contribution in [2.75, 3.05) is 13.2 Å². The molecule has 3 aromatic heterocycles. The van der Waals surface area contributed by atoms with Crippen LogP contribution in [0.1, 0.15) is 23.2 Å². The van der Waals surface area contributed by atoms with Gasteiger partial charge < -0.3 is 23.8 Å². The highest BCUT2D eigenvalue weighted by Gasteiger charge is 2.20. The van der Waals surface area contributed by atoms with Crippen LogP contribution >= 0.6 is 11.3 Å². The summed E-state index contributed by atoms with van der Waals surface area (Å²) >= 11 is 1.45. The number of amides is 1. The molecule has 27 heavy (non-hydrogen) atoms. The molecule has 1 amide bonds. The number of hydrogen-bond acceptors (Lipinski definition) is 7. The lowest BCUT2D eigenvalue weighted by Crippen LogP contribution is -2.29. The van der Waals surface area contributed by atoms with Gasteiger partial charge in [-0.3, -0.25) is 9.59 Å². The van der Waals surface area contributed by atoms with Gasteiger partial charge in [-0.1, -0.05) is 0 Å². The maximum Gasteiger partial charge on any atom is 0.355 e. The van der Waals surface area contributed by atoms with Gasteiger partial charge in [0.05, 0.1) is 29.6 Å². The zero-order valence-corrected chi connectivity index (χ0v) is 15.4. The van der Waals surface area contributed by atoms with E-state index in [9.17, 15) is 14.4 Å². The van der Waals surface area contributed by atoms with Crippen LogP contribution in [0.4, 0.5) is 0 Å². The van der Waals surface area contributed by atoms with Gasteiger partial charge in [-0.15, -0.1) is 11.3 Å². The molecule has 1 N–H and O–H groups in total. The Morgan fingerprint density at radius 1 is 1.26 bits per heavy atom. The highest BCUT2D eigenvalue weighted by molar-refractivity contribution is 7.17. The average Bonchev–Trinajstić information content (AvgIpc) is 3.37. The molecule has 9 heteroatoms. The molecule has 0 aliphatic heterocycles. The highest BCUT2D eigenvalue weighted by atomic mass is 32.1. The minimum absolute atomic E-state index is 0.195. The molecule has 0 aliphatic carbocycles. The van der Waals surface area contributed by atoms with Crippen molar-refractivity contribution < 1.29 is 28.3 Å². The number of carbonyl (C=O) groups is 3. The first-order valence-corrected chi connectivity index (χ1v) is 9.15. The number of carbonyl (C=O) groups excluding carboxylic acids is 3. The number of esters is 2. The number of aromatic nitrogens is 1. The first-order chi connectivity index (χ1) is 13.1. The van der Waals surface area contributed by atoms with Gasteiger partial charge in [0.1, 0.15) is 18.0 Å². The van der Waals surface area contributed by atoms with Crippen molar-refractivity contribution in [3.63, 3.8) is 0 Å². The molecular formula is C18H18N2O6S. The van der Waals surface area contributed by atoms with Crippen LogP contribution < -0.4 is 5.32 Å². The van der Waals surface area contributed by atoms with E-state index in [1.165, 1.54) is 22.2 Å². The van der Waals surface area contributed by atoms with Crippen LogP contribution in [0, 0.1) is 0 Å². The number of rotatable bonds is 8. The predicted molar refractivity (Wildman–Crippen MR) is 97.3 cm³/mol. The third-order valence-corrected chi connectivity index (χ3v) is 4.55. The molecule has 3 aromatic rings. The zero-order chi connectivity index (χ0) is 19.2. The molecule has 8 nitrogen and oxygen atoms in total. The summed E-state index contributed by atoms with van der Waals surface area (Å²) in [7, 11) is 0. The summed E-state index contributed by atoms with van der Waals surface area (Å²) in [6, 6.07) is 6.93. The zero-order valence-electron chi connectivity index (χ0n) is 14.6. The monoisotopic (exact) mass is 390 g/mol. The quantitative estimate of drug-likeness (QED) is 0.593. The molecule has 0 radical (unpaired) electrons. The van der Waals surface area contributed by atoms with E-state index in [2.05, 4.69) is 5.32 Å². The van der Waals surface area contributed by atoms with Crippen molar-refractivity contribution in [2.45, 2.75) is 20.0 Å². The number of fused-ring (bicyclic) bond motifs is 1. The van der Waals surface area contributed by atoms with Gasteiger partial charge in [0, 0.05) is 0 Å². The second kappa shape index (κ2) is 8.54. The van der Waals surface area contributed by atoms with E-state index < -0.39 is 24.5 Å².